The number of methoxy groups -OCH3 is 2. The van der Waals surface area contributed by atoms with Crippen LogP contribution in [0.1, 0.15) is 27.5 Å². The molecule has 1 N–H and O–H groups in total. The Balaban J connectivity index is 0.00000243. The average Bonchev–Trinajstić information content (AvgIpc) is 2.67. The summed E-state index contributed by atoms with van der Waals surface area (Å²) >= 11 is 0. The lowest BCUT2D eigenvalue weighted by Gasteiger charge is -2.36. The SMILES string of the molecule is COc1cc(C)c(C(=O)N2CCNCC2c2cccnc2)cc1OC.Cl. The summed E-state index contributed by atoms with van der Waals surface area (Å²) < 4.78 is 10.7. The van der Waals surface area contributed by atoms with Gasteiger partial charge < -0.3 is 19.7 Å². The molecule has 3 rings (SSSR count). The summed E-state index contributed by atoms with van der Waals surface area (Å²) in [5.74, 6) is 1.18. The topological polar surface area (TPSA) is 63.7 Å². The molecule has 2 heterocycles. The molecule has 0 saturated carbocycles. The van der Waals surface area contributed by atoms with E-state index in [0.29, 0.717) is 30.2 Å². The summed E-state index contributed by atoms with van der Waals surface area (Å²) in [5, 5.41) is 3.36. The highest BCUT2D eigenvalue weighted by atomic mass is 35.5. The molecule has 6 nitrogen and oxygen atoms in total. The van der Waals surface area contributed by atoms with Crippen molar-refractivity contribution >= 4 is 18.3 Å². The van der Waals surface area contributed by atoms with Crippen molar-refractivity contribution in [2.75, 3.05) is 33.9 Å². The van der Waals surface area contributed by atoms with Crippen LogP contribution in [0.3, 0.4) is 0 Å². The van der Waals surface area contributed by atoms with Crippen molar-refractivity contribution in [1.82, 2.24) is 15.2 Å². The third-order valence-corrected chi connectivity index (χ3v) is 4.53. The van der Waals surface area contributed by atoms with Gasteiger partial charge in [0.05, 0.1) is 20.3 Å². The molecule has 1 amide bonds. The molecule has 0 radical (unpaired) electrons. The van der Waals surface area contributed by atoms with Crippen LogP contribution >= 0.6 is 12.4 Å². The Hall–Kier alpha value is -2.31. The Morgan fingerprint density at radius 3 is 2.65 bits per heavy atom. The highest BCUT2D eigenvalue weighted by Crippen LogP contribution is 2.32. The average molecular weight is 378 g/mol. The van der Waals surface area contributed by atoms with Gasteiger partial charge in [-0.15, -0.1) is 12.4 Å². The molecular weight excluding hydrogens is 354 g/mol. The number of hydrogen-bond acceptors (Lipinski definition) is 5. The van der Waals surface area contributed by atoms with Crippen molar-refractivity contribution in [1.29, 1.82) is 0 Å². The molecule has 0 spiro atoms. The monoisotopic (exact) mass is 377 g/mol. The van der Waals surface area contributed by atoms with Gasteiger partial charge in [-0.3, -0.25) is 9.78 Å². The third kappa shape index (κ3) is 3.92. The van der Waals surface area contributed by atoms with Gasteiger partial charge in [0.25, 0.3) is 5.91 Å². The van der Waals surface area contributed by atoms with E-state index in [0.717, 1.165) is 17.7 Å². The fraction of sp³-hybridized carbons (Fsp3) is 0.368. The number of carbonyl (C=O) groups excluding carboxylic acids is 1. The van der Waals surface area contributed by atoms with Crippen LogP contribution in [-0.4, -0.2) is 49.6 Å². The predicted octanol–water partition coefficient (Wildman–Crippen LogP) is 2.62. The zero-order valence-electron chi connectivity index (χ0n) is 15.2. The maximum atomic E-state index is 13.3. The first kappa shape index (κ1) is 20.0. The fourth-order valence-electron chi connectivity index (χ4n) is 3.18. The number of halogens is 1. The van der Waals surface area contributed by atoms with Crippen LogP contribution in [0.4, 0.5) is 0 Å². The van der Waals surface area contributed by atoms with E-state index in [2.05, 4.69) is 10.3 Å². The van der Waals surface area contributed by atoms with E-state index in [-0.39, 0.29) is 24.4 Å². The van der Waals surface area contributed by atoms with Crippen molar-refractivity contribution in [3.05, 3.63) is 53.3 Å². The largest absolute Gasteiger partial charge is 0.493 e. The number of aromatic nitrogens is 1. The van der Waals surface area contributed by atoms with Crippen LogP contribution in [0.15, 0.2) is 36.7 Å². The third-order valence-electron chi connectivity index (χ3n) is 4.53. The molecule has 1 aromatic heterocycles. The van der Waals surface area contributed by atoms with Gasteiger partial charge in [-0.2, -0.15) is 0 Å². The molecule has 1 aliphatic heterocycles. The van der Waals surface area contributed by atoms with E-state index < -0.39 is 0 Å². The minimum Gasteiger partial charge on any atom is -0.493 e. The molecule has 140 valence electrons. The number of rotatable bonds is 4. The van der Waals surface area contributed by atoms with Gasteiger partial charge in [0.15, 0.2) is 11.5 Å². The Bertz CT molecular complexity index is 755. The van der Waals surface area contributed by atoms with Crippen molar-refractivity contribution in [2.45, 2.75) is 13.0 Å². The quantitative estimate of drug-likeness (QED) is 0.887. The van der Waals surface area contributed by atoms with Crippen LogP contribution in [-0.2, 0) is 0 Å². The van der Waals surface area contributed by atoms with Crippen LogP contribution in [0.2, 0.25) is 0 Å². The second kappa shape index (κ2) is 8.87. The van der Waals surface area contributed by atoms with Crippen LogP contribution < -0.4 is 14.8 Å². The number of pyridine rings is 1. The first-order valence-electron chi connectivity index (χ1n) is 8.30. The molecule has 7 heteroatoms. The summed E-state index contributed by atoms with van der Waals surface area (Å²) in [4.78, 5) is 19.3. The maximum absolute atomic E-state index is 13.3. The van der Waals surface area contributed by atoms with Crippen LogP contribution in [0.5, 0.6) is 11.5 Å². The van der Waals surface area contributed by atoms with Crippen LogP contribution in [0.25, 0.3) is 0 Å². The number of nitrogens with zero attached hydrogens (tertiary/aromatic N) is 2. The first-order valence-corrected chi connectivity index (χ1v) is 8.30. The number of benzene rings is 1. The number of hydrogen-bond donors (Lipinski definition) is 1. The normalized spacial score (nSPS) is 16.6. The van der Waals surface area contributed by atoms with Gasteiger partial charge in [-0.1, -0.05) is 6.07 Å². The van der Waals surface area contributed by atoms with E-state index in [1.807, 2.05) is 36.2 Å². The molecule has 0 aliphatic carbocycles. The molecule has 1 unspecified atom stereocenters. The number of ether oxygens (including phenoxy) is 2. The Morgan fingerprint density at radius 1 is 1.27 bits per heavy atom. The summed E-state index contributed by atoms with van der Waals surface area (Å²) in [6.45, 7) is 4.04. The van der Waals surface area contributed by atoms with Crippen molar-refractivity contribution in [2.24, 2.45) is 0 Å². The molecule has 1 fully saturated rings. The van der Waals surface area contributed by atoms with Gasteiger partial charge in [0.2, 0.25) is 0 Å². The van der Waals surface area contributed by atoms with E-state index in [1.165, 1.54) is 0 Å². The van der Waals surface area contributed by atoms with Crippen molar-refractivity contribution in [3.8, 4) is 11.5 Å². The molecule has 26 heavy (non-hydrogen) atoms. The minimum atomic E-state index is -0.0394. The second-order valence-corrected chi connectivity index (χ2v) is 6.03. The van der Waals surface area contributed by atoms with Gasteiger partial charge in [-0.25, -0.2) is 0 Å². The number of carbonyl (C=O) groups is 1. The minimum absolute atomic E-state index is 0. The first-order chi connectivity index (χ1) is 12.2. The van der Waals surface area contributed by atoms with Crippen molar-refractivity contribution in [3.63, 3.8) is 0 Å². The zero-order chi connectivity index (χ0) is 17.8. The molecular formula is C19H24ClN3O3. The van der Waals surface area contributed by atoms with Crippen LogP contribution in [0, 0.1) is 6.92 Å². The van der Waals surface area contributed by atoms with Gasteiger partial charge in [-0.05, 0) is 36.2 Å². The lowest BCUT2D eigenvalue weighted by molar-refractivity contribution is 0.0633. The molecule has 1 saturated heterocycles. The fourth-order valence-corrected chi connectivity index (χ4v) is 3.18. The number of aryl methyl sites for hydroxylation is 1. The maximum Gasteiger partial charge on any atom is 0.254 e. The van der Waals surface area contributed by atoms with E-state index in [9.17, 15) is 4.79 Å². The highest BCUT2D eigenvalue weighted by Gasteiger charge is 2.30. The summed E-state index contributed by atoms with van der Waals surface area (Å²) in [5.41, 5.74) is 2.53. The van der Waals surface area contributed by atoms with E-state index in [1.54, 1.807) is 26.5 Å². The Labute approximate surface area is 159 Å². The van der Waals surface area contributed by atoms with Gasteiger partial charge in [0, 0.05) is 37.6 Å². The summed E-state index contributed by atoms with van der Waals surface area (Å²) in [7, 11) is 3.16. The van der Waals surface area contributed by atoms with Gasteiger partial charge in [0.1, 0.15) is 0 Å². The zero-order valence-corrected chi connectivity index (χ0v) is 16.0. The molecule has 1 atom stereocenters. The molecule has 0 bridgehead atoms. The van der Waals surface area contributed by atoms with E-state index >= 15 is 0 Å². The Morgan fingerprint density at radius 2 is 2.00 bits per heavy atom. The number of nitrogens with one attached hydrogen (secondary N) is 1. The molecule has 1 aliphatic rings. The smallest absolute Gasteiger partial charge is 0.254 e. The van der Waals surface area contributed by atoms with Crippen molar-refractivity contribution < 1.29 is 14.3 Å². The highest BCUT2D eigenvalue weighted by molar-refractivity contribution is 5.96. The Kier molecular flexibility index (Phi) is 6.83. The van der Waals surface area contributed by atoms with E-state index in [4.69, 9.17) is 9.47 Å². The lowest BCUT2D eigenvalue weighted by Crippen LogP contribution is -2.48. The standard InChI is InChI=1S/C19H23N3O3.ClH/c1-13-9-17(24-2)18(25-3)10-15(13)19(23)22-8-7-21-12-16(22)14-5-4-6-20-11-14;/h4-6,9-11,16,21H,7-8,12H2,1-3H3;1H. The summed E-state index contributed by atoms with van der Waals surface area (Å²) in [6.07, 6.45) is 3.56. The number of piperazine rings is 1. The number of amides is 1. The summed E-state index contributed by atoms with van der Waals surface area (Å²) in [6, 6.07) is 7.47. The van der Waals surface area contributed by atoms with Gasteiger partial charge >= 0.3 is 0 Å². The molecule has 1 aromatic carbocycles. The lowest BCUT2D eigenvalue weighted by atomic mass is 10.0. The molecule has 2 aromatic rings. The second-order valence-electron chi connectivity index (χ2n) is 6.03. The predicted molar refractivity (Wildman–Crippen MR) is 102 cm³/mol.